The van der Waals surface area contributed by atoms with Crippen LogP contribution in [0.15, 0.2) is 30.3 Å². The molecule has 0 aromatic heterocycles. The van der Waals surface area contributed by atoms with Crippen LogP contribution in [0.1, 0.15) is 11.5 Å². The third-order valence-electron chi connectivity index (χ3n) is 3.67. The van der Waals surface area contributed by atoms with Crippen LogP contribution in [0.4, 0.5) is 0 Å². The Hall–Kier alpha value is -1.92. The van der Waals surface area contributed by atoms with Crippen LogP contribution in [-0.4, -0.2) is 56.2 Å². The molecule has 1 saturated heterocycles. The average Bonchev–Trinajstić information content (AvgIpc) is 2.53. The number of hydrogen-bond acceptors (Lipinski definition) is 5. The van der Waals surface area contributed by atoms with Crippen molar-refractivity contribution >= 4 is 11.9 Å². The number of primary amides is 1. The monoisotopic (exact) mass is 292 g/mol. The number of ether oxygens (including phenoxy) is 2. The number of hydrogen-bond donors (Lipinski definition) is 1. The number of morpholine rings is 1. The molecule has 0 saturated carbocycles. The van der Waals surface area contributed by atoms with Crippen molar-refractivity contribution in [2.45, 2.75) is 12.0 Å². The quantitative estimate of drug-likeness (QED) is 0.780. The highest BCUT2D eigenvalue weighted by molar-refractivity contribution is 5.81. The molecule has 1 amide bonds. The summed E-state index contributed by atoms with van der Waals surface area (Å²) in [7, 11) is 1.36. The second-order valence-electron chi connectivity index (χ2n) is 4.97. The zero-order valence-electron chi connectivity index (χ0n) is 12.0. The normalized spacial score (nSPS) is 20.7. The fourth-order valence-electron chi connectivity index (χ4n) is 2.50. The summed E-state index contributed by atoms with van der Waals surface area (Å²) in [6.45, 7) is 1.73. The van der Waals surface area contributed by atoms with Gasteiger partial charge in [0.2, 0.25) is 5.91 Å². The van der Waals surface area contributed by atoms with Gasteiger partial charge in [-0.25, -0.2) is 0 Å². The van der Waals surface area contributed by atoms with Crippen LogP contribution in [-0.2, 0) is 19.1 Å². The van der Waals surface area contributed by atoms with Gasteiger partial charge in [0, 0.05) is 13.1 Å². The van der Waals surface area contributed by atoms with E-state index in [4.69, 9.17) is 15.2 Å². The van der Waals surface area contributed by atoms with Gasteiger partial charge >= 0.3 is 5.97 Å². The highest BCUT2D eigenvalue weighted by atomic mass is 16.5. The minimum Gasteiger partial charge on any atom is -0.469 e. The predicted molar refractivity (Wildman–Crippen MR) is 76.6 cm³/mol. The molecule has 2 N–H and O–H groups in total. The molecule has 21 heavy (non-hydrogen) atoms. The van der Waals surface area contributed by atoms with E-state index < -0.39 is 17.9 Å². The van der Waals surface area contributed by atoms with Gasteiger partial charge in [0.05, 0.1) is 26.2 Å². The SMILES string of the molecule is COC(=O)C(CN1CCOCC1C(N)=O)c1ccccc1. The zero-order valence-corrected chi connectivity index (χ0v) is 12.0. The number of amides is 1. The summed E-state index contributed by atoms with van der Waals surface area (Å²) < 4.78 is 10.2. The molecule has 114 valence electrons. The second kappa shape index (κ2) is 7.19. The summed E-state index contributed by atoms with van der Waals surface area (Å²) in [5.41, 5.74) is 6.26. The van der Waals surface area contributed by atoms with Crippen molar-refractivity contribution in [3.8, 4) is 0 Å². The molecule has 1 aliphatic rings. The molecule has 1 fully saturated rings. The molecule has 1 aromatic rings. The Labute approximate surface area is 123 Å². The van der Waals surface area contributed by atoms with Crippen molar-refractivity contribution in [1.29, 1.82) is 0 Å². The lowest BCUT2D eigenvalue weighted by Gasteiger charge is -2.35. The highest BCUT2D eigenvalue weighted by Gasteiger charge is 2.32. The van der Waals surface area contributed by atoms with Crippen molar-refractivity contribution in [3.63, 3.8) is 0 Å². The van der Waals surface area contributed by atoms with Crippen molar-refractivity contribution < 1.29 is 19.1 Å². The van der Waals surface area contributed by atoms with Gasteiger partial charge in [-0.3, -0.25) is 14.5 Å². The molecular weight excluding hydrogens is 272 g/mol. The Morgan fingerprint density at radius 2 is 2.14 bits per heavy atom. The first kappa shape index (κ1) is 15.5. The molecule has 6 heteroatoms. The molecule has 1 aliphatic heterocycles. The fourth-order valence-corrected chi connectivity index (χ4v) is 2.50. The number of nitrogens with zero attached hydrogens (tertiary/aromatic N) is 1. The topological polar surface area (TPSA) is 81.9 Å². The van der Waals surface area contributed by atoms with E-state index in [-0.39, 0.29) is 12.6 Å². The zero-order chi connectivity index (χ0) is 15.2. The lowest BCUT2D eigenvalue weighted by Crippen LogP contribution is -2.54. The van der Waals surface area contributed by atoms with Gasteiger partial charge in [-0.05, 0) is 5.56 Å². The molecule has 0 spiro atoms. The predicted octanol–water partition coefficient (Wildman–Crippen LogP) is 0.129. The van der Waals surface area contributed by atoms with Crippen molar-refractivity contribution in [2.75, 3.05) is 33.4 Å². The number of nitrogens with two attached hydrogens (primary N) is 1. The van der Waals surface area contributed by atoms with Gasteiger partial charge in [0.25, 0.3) is 0 Å². The van der Waals surface area contributed by atoms with Gasteiger partial charge in [-0.15, -0.1) is 0 Å². The smallest absolute Gasteiger partial charge is 0.314 e. The largest absolute Gasteiger partial charge is 0.469 e. The Kier molecular flexibility index (Phi) is 5.30. The van der Waals surface area contributed by atoms with Crippen LogP contribution in [0.2, 0.25) is 0 Å². The van der Waals surface area contributed by atoms with Crippen LogP contribution in [0.25, 0.3) is 0 Å². The molecule has 2 atom stereocenters. The third kappa shape index (κ3) is 3.80. The van der Waals surface area contributed by atoms with Crippen LogP contribution < -0.4 is 5.73 Å². The van der Waals surface area contributed by atoms with E-state index in [0.717, 1.165) is 5.56 Å². The molecule has 1 aromatic carbocycles. The van der Waals surface area contributed by atoms with Crippen LogP contribution >= 0.6 is 0 Å². The molecule has 2 rings (SSSR count). The Balaban J connectivity index is 2.18. The Morgan fingerprint density at radius 3 is 2.76 bits per heavy atom. The standard InChI is InChI=1S/C15H20N2O4/c1-20-15(19)12(11-5-3-2-4-6-11)9-17-7-8-21-10-13(17)14(16)18/h2-6,12-13H,7-10H2,1H3,(H2,16,18). The molecule has 6 nitrogen and oxygen atoms in total. The van der Waals surface area contributed by atoms with E-state index in [1.54, 1.807) is 0 Å². The first-order valence-electron chi connectivity index (χ1n) is 6.87. The average molecular weight is 292 g/mol. The molecular formula is C15H20N2O4. The maximum atomic E-state index is 12.1. The number of benzene rings is 1. The van der Waals surface area contributed by atoms with Crippen molar-refractivity contribution in [3.05, 3.63) is 35.9 Å². The maximum Gasteiger partial charge on any atom is 0.314 e. The fraction of sp³-hybridized carbons (Fsp3) is 0.467. The van der Waals surface area contributed by atoms with Crippen LogP contribution in [0, 0.1) is 0 Å². The minimum atomic E-state index is -0.505. The number of rotatable bonds is 5. The van der Waals surface area contributed by atoms with E-state index in [0.29, 0.717) is 19.7 Å². The van der Waals surface area contributed by atoms with Gasteiger partial charge in [-0.1, -0.05) is 30.3 Å². The molecule has 2 unspecified atom stereocenters. The lowest BCUT2D eigenvalue weighted by atomic mass is 9.97. The molecule has 0 aliphatic carbocycles. The molecule has 0 bridgehead atoms. The highest BCUT2D eigenvalue weighted by Crippen LogP contribution is 2.21. The van der Waals surface area contributed by atoms with E-state index in [1.165, 1.54) is 7.11 Å². The lowest BCUT2D eigenvalue weighted by molar-refractivity contribution is -0.145. The number of carbonyl (C=O) groups is 2. The number of methoxy groups -OCH3 is 1. The summed E-state index contributed by atoms with van der Waals surface area (Å²) in [5, 5.41) is 0. The molecule has 1 heterocycles. The summed E-state index contributed by atoms with van der Waals surface area (Å²) in [6.07, 6.45) is 0. The van der Waals surface area contributed by atoms with E-state index >= 15 is 0 Å². The summed E-state index contributed by atoms with van der Waals surface area (Å²) >= 11 is 0. The molecule has 0 radical (unpaired) electrons. The summed E-state index contributed by atoms with van der Waals surface area (Å²) in [6, 6.07) is 8.88. The van der Waals surface area contributed by atoms with E-state index in [1.807, 2.05) is 35.2 Å². The first-order valence-corrected chi connectivity index (χ1v) is 6.87. The second-order valence-corrected chi connectivity index (χ2v) is 4.97. The van der Waals surface area contributed by atoms with Gasteiger partial charge in [-0.2, -0.15) is 0 Å². The first-order chi connectivity index (χ1) is 10.1. The van der Waals surface area contributed by atoms with Gasteiger partial charge in [0.15, 0.2) is 0 Å². The van der Waals surface area contributed by atoms with Gasteiger partial charge in [0.1, 0.15) is 6.04 Å². The number of esters is 1. The van der Waals surface area contributed by atoms with Crippen LogP contribution in [0.3, 0.4) is 0 Å². The summed E-state index contributed by atoms with van der Waals surface area (Å²) in [5.74, 6) is -1.21. The number of carbonyl (C=O) groups excluding carboxylic acids is 2. The third-order valence-corrected chi connectivity index (χ3v) is 3.67. The minimum absolute atomic E-state index is 0.262. The Bertz CT molecular complexity index is 492. The maximum absolute atomic E-state index is 12.1. The Morgan fingerprint density at radius 1 is 1.43 bits per heavy atom. The van der Waals surface area contributed by atoms with Gasteiger partial charge < -0.3 is 15.2 Å². The van der Waals surface area contributed by atoms with E-state index in [2.05, 4.69) is 0 Å². The van der Waals surface area contributed by atoms with Crippen molar-refractivity contribution in [1.82, 2.24) is 4.90 Å². The van der Waals surface area contributed by atoms with E-state index in [9.17, 15) is 9.59 Å². The summed E-state index contributed by atoms with van der Waals surface area (Å²) in [4.78, 5) is 25.5. The van der Waals surface area contributed by atoms with Crippen molar-refractivity contribution in [2.24, 2.45) is 5.73 Å². The van der Waals surface area contributed by atoms with Crippen LogP contribution in [0.5, 0.6) is 0 Å².